The zero-order valence-electron chi connectivity index (χ0n) is 12.2. The summed E-state index contributed by atoms with van der Waals surface area (Å²) < 4.78 is 19.1. The predicted octanol–water partition coefficient (Wildman–Crippen LogP) is 2.15. The van der Waals surface area contributed by atoms with E-state index in [2.05, 4.69) is 15.1 Å². The summed E-state index contributed by atoms with van der Waals surface area (Å²) in [5.74, 6) is 1.22. The molecule has 112 valence electrons. The van der Waals surface area contributed by atoms with Gasteiger partial charge in [-0.1, -0.05) is 5.16 Å². The van der Waals surface area contributed by atoms with Gasteiger partial charge in [0.15, 0.2) is 17.4 Å². The quantitative estimate of drug-likeness (QED) is 0.860. The number of hydrogen-bond acceptors (Lipinski definition) is 6. The Morgan fingerprint density at radius 3 is 2.81 bits per heavy atom. The molecule has 2 aromatic rings. The molecule has 1 aliphatic heterocycles. The van der Waals surface area contributed by atoms with Gasteiger partial charge in [0.25, 0.3) is 0 Å². The fourth-order valence-electron chi connectivity index (χ4n) is 2.48. The summed E-state index contributed by atoms with van der Waals surface area (Å²) >= 11 is 0. The van der Waals surface area contributed by atoms with Gasteiger partial charge in [-0.2, -0.15) is 4.98 Å². The lowest BCUT2D eigenvalue weighted by atomic mass is 10.4. The average Bonchev–Trinajstić information content (AvgIpc) is 3.11. The normalized spacial score (nSPS) is 14.7. The lowest BCUT2D eigenvalue weighted by Crippen LogP contribution is -2.24. The van der Waals surface area contributed by atoms with Crippen LogP contribution in [0.4, 0.5) is 16.2 Å². The van der Waals surface area contributed by atoms with Crippen molar-refractivity contribution in [2.24, 2.45) is 0 Å². The highest BCUT2D eigenvalue weighted by Gasteiger charge is 2.20. The van der Waals surface area contributed by atoms with Gasteiger partial charge in [0.05, 0.1) is 18.4 Å². The maximum atomic E-state index is 13.9. The SMILES string of the molecule is Cc1cc(CN(C)c2ncc(F)c(N3CCCC3)n2)on1. The first-order valence-corrected chi connectivity index (χ1v) is 7.04. The maximum Gasteiger partial charge on any atom is 0.227 e. The molecular weight excluding hydrogens is 273 g/mol. The Hall–Kier alpha value is -2.18. The summed E-state index contributed by atoms with van der Waals surface area (Å²) in [6.45, 7) is 4.05. The van der Waals surface area contributed by atoms with E-state index < -0.39 is 0 Å². The van der Waals surface area contributed by atoms with Crippen LogP contribution in [0.3, 0.4) is 0 Å². The molecule has 7 heteroatoms. The third-order valence-corrected chi connectivity index (χ3v) is 3.53. The van der Waals surface area contributed by atoms with Gasteiger partial charge in [0.1, 0.15) is 0 Å². The van der Waals surface area contributed by atoms with Crippen molar-refractivity contribution < 1.29 is 8.91 Å². The Kier molecular flexibility index (Phi) is 3.72. The van der Waals surface area contributed by atoms with Crippen molar-refractivity contribution in [3.8, 4) is 0 Å². The minimum atomic E-state index is -0.371. The highest BCUT2D eigenvalue weighted by molar-refractivity contribution is 5.45. The first-order valence-electron chi connectivity index (χ1n) is 7.04. The van der Waals surface area contributed by atoms with Crippen LogP contribution < -0.4 is 9.80 Å². The van der Waals surface area contributed by atoms with E-state index in [1.54, 1.807) is 0 Å². The smallest absolute Gasteiger partial charge is 0.227 e. The number of anilines is 2. The van der Waals surface area contributed by atoms with Crippen molar-refractivity contribution in [2.45, 2.75) is 26.3 Å². The monoisotopic (exact) mass is 291 g/mol. The Labute approximate surface area is 122 Å². The van der Waals surface area contributed by atoms with E-state index in [4.69, 9.17) is 4.52 Å². The van der Waals surface area contributed by atoms with Gasteiger partial charge in [0, 0.05) is 26.2 Å². The van der Waals surface area contributed by atoms with Crippen LogP contribution in [0, 0.1) is 12.7 Å². The topological polar surface area (TPSA) is 58.3 Å². The second kappa shape index (κ2) is 5.67. The van der Waals surface area contributed by atoms with Crippen molar-refractivity contribution in [3.05, 3.63) is 29.5 Å². The van der Waals surface area contributed by atoms with E-state index in [1.807, 2.05) is 29.8 Å². The van der Waals surface area contributed by atoms with Gasteiger partial charge in [-0.15, -0.1) is 0 Å². The van der Waals surface area contributed by atoms with Crippen LogP contribution >= 0.6 is 0 Å². The molecule has 0 atom stereocenters. The molecule has 21 heavy (non-hydrogen) atoms. The van der Waals surface area contributed by atoms with Gasteiger partial charge < -0.3 is 14.3 Å². The van der Waals surface area contributed by atoms with Crippen LogP contribution in [0.2, 0.25) is 0 Å². The third-order valence-electron chi connectivity index (χ3n) is 3.53. The van der Waals surface area contributed by atoms with Crippen LogP contribution in [0.1, 0.15) is 24.3 Å². The molecule has 0 radical (unpaired) electrons. The minimum Gasteiger partial charge on any atom is -0.359 e. The van der Waals surface area contributed by atoms with Gasteiger partial charge in [-0.05, 0) is 19.8 Å². The van der Waals surface area contributed by atoms with E-state index in [1.165, 1.54) is 6.20 Å². The Balaban J connectivity index is 1.79. The van der Waals surface area contributed by atoms with Gasteiger partial charge in [0.2, 0.25) is 5.95 Å². The van der Waals surface area contributed by atoms with Crippen LogP contribution in [0.5, 0.6) is 0 Å². The molecule has 2 aromatic heterocycles. The molecule has 0 N–H and O–H groups in total. The molecule has 0 aromatic carbocycles. The molecule has 3 rings (SSSR count). The van der Waals surface area contributed by atoms with Gasteiger partial charge in [-0.3, -0.25) is 0 Å². The Bertz CT molecular complexity index is 624. The van der Waals surface area contributed by atoms with Crippen molar-refractivity contribution in [1.29, 1.82) is 0 Å². The molecule has 0 unspecified atom stereocenters. The van der Waals surface area contributed by atoms with Gasteiger partial charge in [-0.25, -0.2) is 9.37 Å². The first kappa shape index (κ1) is 13.8. The van der Waals surface area contributed by atoms with Crippen molar-refractivity contribution >= 4 is 11.8 Å². The largest absolute Gasteiger partial charge is 0.359 e. The van der Waals surface area contributed by atoms with E-state index in [0.717, 1.165) is 37.4 Å². The number of rotatable bonds is 4. The molecular formula is C14H18FN5O. The minimum absolute atomic E-state index is 0.371. The first-order chi connectivity index (χ1) is 10.1. The van der Waals surface area contributed by atoms with Gasteiger partial charge >= 0.3 is 0 Å². The molecule has 1 aliphatic rings. The third kappa shape index (κ3) is 2.96. The molecule has 0 bridgehead atoms. The predicted molar refractivity (Wildman–Crippen MR) is 76.8 cm³/mol. The van der Waals surface area contributed by atoms with Crippen LogP contribution in [-0.2, 0) is 6.54 Å². The highest BCUT2D eigenvalue weighted by atomic mass is 19.1. The van der Waals surface area contributed by atoms with Crippen LogP contribution in [-0.4, -0.2) is 35.3 Å². The Morgan fingerprint density at radius 2 is 2.14 bits per heavy atom. The van der Waals surface area contributed by atoms with Crippen LogP contribution in [0.25, 0.3) is 0 Å². The second-order valence-corrected chi connectivity index (χ2v) is 5.33. The van der Waals surface area contributed by atoms with Crippen LogP contribution in [0.15, 0.2) is 16.8 Å². The van der Waals surface area contributed by atoms with E-state index in [-0.39, 0.29) is 5.82 Å². The fraction of sp³-hybridized carbons (Fsp3) is 0.500. The lowest BCUT2D eigenvalue weighted by molar-refractivity contribution is 0.379. The molecule has 0 spiro atoms. The summed E-state index contributed by atoms with van der Waals surface area (Å²) in [6.07, 6.45) is 3.38. The average molecular weight is 291 g/mol. The zero-order chi connectivity index (χ0) is 14.8. The van der Waals surface area contributed by atoms with E-state index in [0.29, 0.717) is 18.3 Å². The summed E-state index contributed by atoms with van der Waals surface area (Å²) in [7, 11) is 1.85. The lowest BCUT2D eigenvalue weighted by Gasteiger charge is -2.20. The standard InChI is InChI=1S/C14H18FN5O/c1-10-7-11(21-18-10)9-19(2)14-16-8-12(15)13(17-14)20-5-3-4-6-20/h7-8H,3-6,9H2,1-2H3. The molecule has 3 heterocycles. The fourth-order valence-corrected chi connectivity index (χ4v) is 2.48. The molecule has 0 amide bonds. The number of nitrogens with zero attached hydrogens (tertiary/aromatic N) is 5. The summed E-state index contributed by atoms with van der Waals surface area (Å²) in [4.78, 5) is 12.2. The molecule has 6 nitrogen and oxygen atoms in total. The maximum absolute atomic E-state index is 13.9. The van der Waals surface area contributed by atoms with E-state index >= 15 is 0 Å². The van der Waals surface area contributed by atoms with Crippen molar-refractivity contribution in [2.75, 3.05) is 29.9 Å². The molecule has 1 saturated heterocycles. The molecule has 0 aliphatic carbocycles. The highest BCUT2D eigenvalue weighted by Crippen LogP contribution is 2.23. The zero-order valence-corrected chi connectivity index (χ0v) is 12.2. The van der Waals surface area contributed by atoms with E-state index in [9.17, 15) is 4.39 Å². The molecule has 1 fully saturated rings. The summed E-state index contributed by atoms with van der Waals surface area (Å²) in [6, 6.07) is 1.86. The van der Waals surface area contributed by atoms with Crippen molar-refractivity contribution in [1.82, 2.24) is 15.1 Å². The summed E-state index contributed by atoms with van der Waals surface area (Å²) in [5, 5.41) is 3.85. The second-order valence-electron chi connectivity index (χ2n) is 5.33. The Morgan fingerprint density at radius 1 is 1.38 bits per heavy atom. The number of aryl methyl sites for hydroxylation is 1. The number of hydrogen-bond donors (Lipinski definition) is 0. The van der Waals surface area contributed by atoms with Crippen molar-refractivity contribution in [3.63, 3.8) is 0 Å². The molecule has 0 saturated carbocycles. The summed E-state index contributed by atoms with van der Waals surface area (Å²) in [5.41, 5.74) is 0.830. The number of halogens is 1. The number of aromatic nitrogens is 3.